The lowest BCUT2D eigenvalue weighted by Gasteiger charge is -2.25. The molecule has 3 heterocycles. The molecular formula is C18H27N7O. The van der Waals surface area contributed by atoms with Gasteiger partial charge in [-0.05, 0) is 31.7 Å². The molecule has 0 spiro atoms. The van der Waals surface area contributed by atoms with E-state index in [0.29, 0.717) is 19.0 Å². The summed E-state index contributed by atoms with van der Waals surface area (Å²) in [4.78, 5) is 13.2. The van der Waals surface area contributed by atoms with E-state index in [0.717, 1.165) is 49.0 Å². The Morgan fingerprint density at radius 2 is 2.31 bits per heavy atom. The van der Waals surface area contributed by atoms with E-state index in [1.165, 1.54) is 0 Å². The van der Waals surface area contributed by atoms with Crippen LogP contribution in [0, 0.1) is 6.92 Å². The Hall–Kier alpha value is -2.64. The standard InChI is InChI=1S/C18H27N7O/c1-4-10-26-16-8-7-14(11-20-16)12-21-18(19-3)23-15-6-5-9-25-17(15)22-13(2)24-25/h7-8,11,15H,4-6,9-10,12H2,1-3H3,(H2,19,21,23). The van der Waals surface area contributed by atoms with Crippen molar-refractivity contribution in [2.75, 3.05) is 13.7 Å². The van der Waals surface area contributed by atoms with Gasteiger partial charge in [-0.3, -0.25) is 4.99 Å². The molecule has 0 aromatic carbocycles. The monoisotopic (exact) mass is 357 g/mol. The maximum absolute atomic E-state index is 5.51. The van der Waals surface area contributed by atoms with Crippen molar-refractivity contribution >= 4 is 5.96 Å². The summed E-state index contributed by atoms with van der Waals surface area (Å²) in [7, 11) is 1.77. The van der Waals surface area contributed by atoms with Crippen LogP contribution in [0.25, 0.3) is 0 Å². The summed E-state index contributed by atoms with van der Waals surface area (Å²) in [5.74, 6) is 3.20. The van der Waals surface area contributed by atoms with Crippen LogP contribution in [0.4, 0.5) is 0 Å². The van der Waals surface area contributed by atoms with Gasteiger partial charge in [-0.15, -0.1) is 0 Å². The van der Waals surface area contributed by atoms with Crippen molar-refractivity contribution in [2.24, 2.45) is 4.99 Å². The first-order valence-corrected chi connectivity index (χ1v) is 9.16. The summed E-state index contributed by atoms with van der Waals surface area (Å²) >= 11 is 0. The lowest BCUT2D eigenvalue weighted by molar-refractivity contribution is 0.305. The zero-order valence-electron chi connectivity index (χ0n) is 15.7. The molecule has 1 unspecified atom stereocenters. The lowest BCUT2D eigenvalue weighted by atomic mass is 10.1. The van der Waals surface area contributed by atoms with Crippen molar-refractivity contribution in [1.29, 1.82) is 0 Å². The molecule has 1 aliphatic heterocycles. The number of aromatic nitrogens is 4. The summed E-state index contributed by atoms with van der Waals surface area (Å²) in [6.07, 6.45) is 4.89. The van der Waals surface area contributed by atoms with E-state index >= 15 is 0 Å². The second kappa shape index (κ2) is 8.64. The smallest absolute Gasteiger partial charge is 0.213 e. The average molecular weight is 357 g/mol. The number of aryl methyl sites for hydroxylation is 2. The van der Waals surface area contributed by atoms with Gasteiger partial charge in [0.15, 0.2) is 5.96 Å². The van der Waals surface area contributed by atoms with Crippen molar-refractivity contribution in [3.8, 4) is 5.88 Å². The molecule has 1 atom stereocenters. The molecule has 0 radical (unpaired) electrons. The Morgan fingerprint density at radius 1 is 1.42 bits per heavy atom. The third-order valence-corrected chi connectivity index (χ3v) is 4.23. The van der Waals surface area contributed by atoms with Crippen LogP contribution in [0.3, 0.4) is 0 Å². The van der Waals surface area contributed by atoms with Crippen LogP contribution >= 0.6 is 0 Å². The van der Waals surface area contributed by atoms with Gasteiger partial charge in [-0.25, -0.2) is 14.6 Å². The fraction of sp³-hybridized carbons (Fsp3) is 0.556. The van der Waals surface area contributed by atoms with Crippen molar-refractivity contribution < 1.29 is 4.74 Å². The van der Waals surface area contributed by atoms with Crippen molar-refractivity contribution in [2.45, 2.75) is 52.2 Å². The molecule has 0 saturated carbocycles. The highest BCUT2D eigenvalue weighted by molar-refractivity contribution is 5.80. The maximum atomic E-state index is 5.51. The van der Waals surface area contributed by atoms with Crippen LogP contribution in [0.1, 0.15) is 49.4 Å². The first-order chi connectivity index (χ1) is 12.7. The van der Waals surface area contributed by atoms with Gasteiger partial charge < -0.3 is 15.4 Å². The Kier molecular flexibility index (Phi) is 6.04. The second-order valence-corrected chi connectivity index (χ2v) is 6.36. The van der Waals surface area contributed by atoms with Crippen molar-refractivity contribution in [3.05, 3.63) is 35.5 Å². The minimum atomic E-state index is 0.124. The number of ether oxygens (including phenoxy) is 1. The molecule has 8 nitrogen and oxygen atoms in total. The zero-order valence-corrected chi connectivity index (χ0v) is 15.7. The molecule has 0 bridgehead atoms. The summed E-state index contributed by atoms with van der Waals surface area (Å²) in [5.41, 5.74) is 1.07. The Morgan fingerprint density at radius 3 is 3.04 bits per heavy atom. The molecule has 0 amide bonds. The van der Waals surface area contributed by atoms with E-state index in [1.807, 2.05) is 29.9 Å². The van der Waals surface area contributed by atoms with E-state index < -0.39 is 0 Å². The highest BCUT2D eigenvalue weighted by Crippen LogP contribution is 2.22. The fourth-order valence-corrected chi connectivity index (χ4v) is 2.96. The first kappa shape index (κ1) is 18.2. The maximum Gasteiger partial charge on any atom is 0.213 e. The number of nitrogens with zero attached hydrogens (tertiary/aromatic N) is 5. The summed E-state index contributed by atoms with van der Waals surface area (Å²) in [6.45, 7) is 6.26. The van der Waals surface area contributed by atoms with E-state index in [4.69, 9.17) is 4.74 Å². The van der Waals surface area contributed by atoms with Gasteiger partial charge in [0, 0.05) is 32.4 Å². The number of hydrogen-bond acceptors (Lipinski definition) is 5. The molecular weight excluding hydrogens is 330 g/mol. The summed E-state index contributed by atoms with van der Waals surface area (Å²) in [6, 6.07) is 4.03. The molecule has 0 fully saturated rings. The number of guanidine groups is 1. The molecule has 140 valence electrons. The number of fused-ring (bicyclic) bond motifs is 1. The molecule has 0 saturated heterocycles. The minimum absolute atomic E-state index is 0.124. The Balaban J connectivity index is 1.56. The van der Waals surface area contributed by atoms with Gasteiger partial charge in [0.1, 0.15) is 11.6 Å². The van der Waals surface area contributed by atoms with Gasteiger partial charge in [0.05, 0.1) is 12.6 Å². The van der Waals surface area contributed by atoms with Crippen molar-refractivity contribution in [1.82, 2.24) is 30.4 Å². The van der Waals surface area contributed by atoms with Crippen molar-refractivity contribution in [3.63, 3.8) is 0 Å². The molecule has 2 aromatic heterocycles. The second-order valence-electron chi connectivity index (χ2n) is 6.36. The summed E-state index contributed by atoms with van der Waals surface area (Å²) in [5, 5.41) is 11.2. The van der Waals surface area contributed by atoms with Gasteiger partial charge in [0.25, 0.3) is 0 Å². The van der Waals surface area contributed by atoms with Gasteiger partial charge in [-0.2, -0.15) is 5.10 Å². The predicted octanol–water partition coefficient (Wildman–Crippen LogP) is 1.97. The van der Waals surface area contributed by atoms with E-state index in [1.54, 1.807) is 7.05 Å². The zero-order chi connectivity index (χ0) is 18.4. The highest BCUT2D eigenvalue weighted by Gasteiger charge is 2.24. The number of rotatable bonds is 6. The highest BCUT2D eigenvalue weighted by atomic mass is 16.5. The fourth-order valence-electron chi connectivity index (χ4n) is 2.96. The number of hydrogen-bond donors (Lipinski definition) is 2. The lowest BCUT2D eigenvalue weighted by Crippen LogP contribution is -2.41. The molecule has 8 heteroatoms. The Labute approximate surface area is 154 Å². The van der Waals surface area contributed by atoms with Crippen LogP contribution in [0.15, 0.2) is 23.3 Å². The van der Waals surface area contributed by atoms with Crippen LogP contribution in [-0.4, -0.2) is 39.4 Å². The predicted molar refractivity (Wildman–Crippen MR) is 100 cm³/mol. The summed E-state index contributed by atoms with van der Waals surface area (Å²) < 4.78 is 7.50. The van der Waals surface area contributed by atoms with Gasteiger partial charge in [0.2, 0.25) is 5.88 Å². The first-order valence-electron chi connectivity index (χ1n) is 9.16. The number of nitrogens with one attached hydrogen (secondary N) is 2. The van der Waals surface area contributed by atoms with E-state index in [9.17, 15) is 0 Å². The number of aliphatic imine (C=N–C) groups is 1. The number of pyridine rings is 1. The van der Waals surface area contributed by atoms with Crippen LogP contribution in [-0.2, 0) is 13.1 Å². The minimum Gasteiger partial charge on any atom is -0.478 e. The van der Waals surface area contributed by atoms with E-state index in [-0.39, 0.29) is 6.04 Å². The van der Waals surface area contributed by atoms with Crippen LogP contribution < -0.4 is 15.4 Å². The quantitative estimate of drug-likeness (QED) is 0.607. The van der Waals surface area contributed by atoms with Crippen LogP contribution in [0.5, 0.6) is 5.88 Å². The topological polar surface area (TPSA) is 89.2 Å². The molecule has 0 aliphatic carbocycles. The molecule has 26 heavy (non-hydrogen) atoms. The average Bonchev–Trinajstić information content (AvgIpc) is 3.05. The van der Waals surface area contributed by atoms with Gasteiger partial charge in [-0.1, -0.05) is 13.0 Å². The normalized spacial score (nSPS) is 16.9. The van der Waals surface area contributed by atoms with Crippen LogP contribution in [0.2, 0.25) is 0 Å². The molecule has 3 rings (SSSR count). The van der Waals surface area contributed by atoms with E-state index in [2.05, 4.69) is 37.6 Å². The third kappa shape index (κ3) is 4.50. The Bertz CT molecular complexity index is 738. The molecule has 1 aliphatic rings. The molecule has 2 N–H and O–H groups in total. The third-order valence-electron chi connectivity index (χ3n) is 4.23. The largest absolute Gasteiger partial charge is 0.478 e. The van der Waals surface area contributed by atoms with Gasteiger partial charge >= 0.3 is 0 Å². The SMILES string of the molecule is CCCOc1ccc(CNC(=NC)NC2CCCn3nc(C)nc32)cn1. The molecule has 2 aromatic rings.